The number of nitrogens with zero attached hydrogens (tertiary/aromatic N) is 5. The van der Waals surface area contributed by atoms with Crippen LogP contribution in [0.1, 0.15) is 12.0 Å². The quantitative estimate of drug-likeness (QED) is 0.309. The summed E-state index contributed by atoms with van der Waals surface area (Å²) < 4.78 is 25.8. The summed E-state index contributed by atoms with van der Waals surface area (Å²) in [5.41, 5.74) is 1.02. The first-order valence-electron chi connectivity index (χ1n) is 11.7. The molecule has 1 saturated heterocycles. The molecule has 1 aliphatic rings. The number of hydrogen-bond acceptors (Lipinski definition) is 8. The molecule has 5 heterocycles. The standard InChI is InChI=1S/C19H22ClN7O4S.C5H5N/c1-32(30,31)26-5-3-14(10-26)25-18-19(29)27(15(20)9-24-18)11-16(28)22-7-12-6-13-2-4-21-17(13)23-8-12;1-2-4-6-5-3-1/h2,4,6,8-9,14H,3,5,7,10-11H2,1H3,(H,21,23)(H,22,28)(H,24,25);1-5H/t14-;/m0./s1. The molecule has 200 valence electrons. The highest BCUT2D eigenvalue weighted by atomic mass is 35.5. The van der Waals surface area contributed by atoms with Gasteiger partial charge in [0, 0.05) is 55.8 Å². The third-order valence-electron chi connectivity index (χ3n) is 5.78. The largest absolute Gasteiger partial charge is 0.361 e. The molecule has 1 atom stereocenters. The SMILES string of the molecule is CS(=O)(=O)N1CC[C@H](Nc2ncc(Cl)n(CC(=O)NCc3cnc4[nH]ccc4c3)c2=O)C1.c1ccncc1. The van der Waals surface area contributed by atoms with E-state index in [1.165, 1.54) is 10.5 Å². The highest BCUT2D eigenvalue weighted by Crippen LogP contribution is 2.16. The van der Waals surface area contributed by atoms with E-state index in [4.69, 9.17) is 11.6 Å². The Hall–Kier alpha value is -3.81. The van der Waals surface area contributed by atoms with Crippen LogP contribution >= 0.6 is 11.6 Å². The molecule has 4 aromatic heterocycles. The van der Waals surface area contributed by atoms with E-state index in [9.17, 15) is 18.0 Å². The van der Waals surface area contributed by atoms with Crippen molar-refractivity contribution >= 4 is 44.4 Å². The molecule has 0 bridgehead atoms. The van der Waals surface area contributed by atoms with Crippen LogP contribution in [0.2, 0.25) is 5.15 Å². The van der Waals surface area contributed by atoms with Crippen molar-refractivity contribution in [2.45, 2.75) is 25.6 Å². The number of pyridine rings is 2. The summed E-state index contributed by atoms with van der Waals surface area (Å²) >= 11 is 6.11. The van der Waals surface area contributed by atoms with E-state index in [1.54, 1.807) is 24.8 Å². The summed E-state index contributed by atoms with van der Waals surface area (Å²) in [5.74, 6) is -0.380. The lowest BCUT2D eigenvalue weighted by molar-refractivity contribution is -0.121. The Morgan fingerprint density at radius 1 is 1.21 bits per heavy atom. The smallest absolute Gasteiger partial charge is 0.294 e. The zero-order valence-corrected chi connectivity index (χ0v) is 22.1. The molecule has 14 heteroatoms. The fraction of sp³-hybridized carbons (Fsp3) is 0.292. The third-order valence-corrected chi connectivity index (χ3v) is 7.35. The number of sulfonamides is 1. The Balaban J connectivity index is 0.000000494. The molecule has 0 unspecified atom stereocenters. The molecule has 4 aromatic rings. The van der Waals surface area contributed by atoms with E-state index in [0.29, 0.717) is 13.0 Å². The van der Waals surface area contributed by atoms with Crippen LogP contribution in [0.15, 0.2) is 66.1 Å². The van der Waals surface area contributed by atoms with Crippen molar-refractivity contribution < 1.29 is 13.2 Å². The topological polar surface area (TPSA) is 155 Å². The number of aromatic nitrogens is 5. The zero-order valence-electron chi connectivity index (χ0n) is 20.5. The maximum Gasteiger partial charge on any atom is 0.294 e. The third kappa shape index (κ3) is 7.15. The molecule has 5 rings (SSSR count). The van der Waals surface area contributed by atoms with Gasteiger partial charge in [-0.05, 0) is 36.2 Å². The van der Waals surface area contributed by atoms with Crippen LogP contribution in [-0.4, -0.2) is 68.5 Å². The van der Waals surface area contributed by atoms with Crippen molar-refractivity contribution in [3.05, 3.63) is 82.4 Å². The minimum atomic E-state index is -3.30. The van der Waals surface area contributed by atoms with Gasteiger partial charge >= 0.3 is 0 Å². The molecule has 1 aliphatic heterocycles. The van der Waals surface area contributed by atoms with Gasteiger partial charge in [0.2, 0.25) is 15.9 Å². The molecule has 0 aliphatic carbocycles. The second-order valence-electron chi connectivity index (χ2n) is 8.63. The number of rotatable bonds is 7. The fourth-order valence-electron chi connectivity index (χ4n) is 3.85. The van der Waals surface area contributed by atoms with Crippen molar-refractivity contribution in [1.29, 1.82) is 0 Å². The number of carbonyl (C=O) groups is 1. The minimum Gasteiger partial charge on any atom is -0.361 e. The van der Waals surface area contributed by atoms with E-state index < -0.39 is 21.5 Å². The molecular formula is C24H27ClN8O4S. The van der Waals surface area contributed by atoms with Gasteiger partial charge in [0.05, 0.1) is 12.5 Å². The summed E-state index contributed by atoms with van der Waals surface area (Å²) in [6.45, 7) is 0.570. The average molecular weight is 559 g/mol. The predicted octanol–water partition coefficient (Wildman–Crippen LogP) is 1.62. The summed E-state index contributed by atoms with van der Waals surface area (Å²) in [6, 6.07) is 9.25. The van der Waals surface area contributed by atoms with Crippen molar-refractivity contribution in [3.63, 3.8) is 0 Å². The summed E-state index contributed by atoms with van der Waals surface area (Å²) in [4.78, 5) is 40.3. The van der Waals surface area contributed by atoms with Gasteiger partial charge in [-0.1, -0.05) is 17.7 Å². The number of halogens is 1. The molecule has 0 radical (unpaired) electrons. The van der Waals surface area contributed by atoms with Gasteiger partial charge in [-0.3, -0.25) is 19.1 Å². The fourth-order valence-corrected chi connectivity index (χ4v) is 4.92. The lowest BCUT2D eigenvalue weighted by Crippen LogP contribution is -2.36. The lowest BCUT2D eigenvalue weighted by atomic mass is 10.2. The van der Waals surface area contributed by atoms with Gasteiger partial charge in [0.15, 0.2) is 5.82 Å². The lowest BCUT2D eigenvalue weighted by Gasteiger charge is -2.16. The summed E-state index contributed by atoms with van der Waals surface area (Å²) in [6.07, 6.45) is 9.91. The predicted molar refractivity (Wildman–Crippen MR) is 144 cm³/mol. The zero-order chi connectivity index (χ0) is 27.1. The molecule has 0 spiro atoms. The van der Waals surface area contributed by atoms with E-state index in [0.717, 1.165) is 27.4 Å². The van der Waals surface area contributed by atoms with Gasteiger partial charge in [-0.15, -0.1) is 0 Å². The minimum absolute atomic E-state index is 0.0182. The number of aromatic amines is 1. The van der Waals surface area contributed by atoms with Gasteiger partial charge in [-0.25, -0.2) is 22.7 Å². The maximum absolute atomic E-state index is 12.8. The number of fused-ring (bicyclic) bond motifs is 1. The Morgan fingerprint density at radius 3 is 2.66 bits per heavy atom. The number of hydrogen-bond donors (Lipinski definition) is 3. The van der Waals surface area contributed by atoms with Gasteiger partial charge in [0.1, 0.15) is 17.3 Å². The first kappa shape index (κ1) is 27.2. The number of amides is 1. The van der Waals surface area contributed by atoms with Gasteiger partial charge in [-0.2, -0.15) is 0 Å². The van der Waals surface area contributed by atoms with Crippen LogP contribution < -0.4 is 16.2 Å². The number of nitrogens with one attached hydrogen (secondary N) is 3. The first-order chi connectivity index (χ1) is 18.2. The van der Waals surface area contributed by atoms with Crippen LogP contribution in [0, 0.1) is 0 Å². The van der Waals surface area contributed by atoms with Crippen molar-refractivity contribution in [2.24, 2.45) is 0 Å². The summed E-state index contributed by atoms with van der Waals surface area (Å²) in [5, 5.41) is 6.68. The average Bonchev–Trinajstić information content (AvgIpc) is 3.58. The molecule has 1 amide bonds. The van der Waals surface area contributed by atoms with Crippen LogP contribution in [0.5, 0.6) is 0 Å². The van der Waals surface area contributed by atoms with Crippen LogP contribution in [0.4, 0.5) is 5.82 Å². The summed E-state index contributed by atoms with van der Waals surface area (Å²) in [7, 11) is -3.30. The van der Waals surface area contributed by atoms with Crippen LogP contribution in [0.3, 0.4) is 0 Å². The Morgan fingerprint density at radius 2 is 2.00 bits per heavy atom. The molecular weight excluding hydrogens is 532 g/mol. The second kappa shape index (κ2) is 12.2. The van der Waals surface area contributed by atoms with Crippen molar-refractivity contribution in [3.8, 4) is 0 Å². The molecule has 3 N–H and O–H groups in total. The van der Waals surface area contributed by atoms with Crippen LogP contribution in [-0.2, 0) is 27.9 Å². The molecule has 1 fully saturated rings. The normalized spacial score (nSPS) is 15.6. The van der Waals surface area contributed by atoms with Gasteiger partial charge in [0.25, 0.3) is 5.56 Å². The Kier molecular flexibility index (Phi) is 8.71. The number of carbonyl (C=O) groups excluding carboxylic acids is 1. The van der Waals surface area contributed by atoms with Crippen molar-refractivity contribution in [2.75, 3.05) is 24.7 Å². The number of anilines is 1. The highest BCUT2D eigenvalue weighted by Gasteiger charge is 2.29. The molecule has 12 nitrogen and oxygen atoms in total. The molecule has 0 aromatic carbocycles. The van der Waals surface area contributed by atoms with Crippen molar-refractivity contribution in [1.82, 2.24) is 34.1 Å². The first-order valence-corrected chi connectivity index (χ1v) is 13.9. The van der Waals surface area contributed by atoms with E-state index in [-0.39, 0.29) is 36.6 Å². The maximum atomic E-state index is 12.8. The van der Waals surface area contributed by atoms with Crippen LogP contribution in [0.25, 0.3) is 11.0 Å². The monoisotopic (exact) mass is 558 g/mol. The highest BCUT2D eigenvalue weighted by molar-refractivity contribution is 7.88. The molecule has 0 saturated carbocycles. The van der Waals surface area contributed by atoms with E-state index in [2.05, 4.69) is 30.6 Å². The Labute approximate surface area is 224 Å². The second-order valence-corrected chi connectivity index (χ2v) is 11.0. The van der Waals surface area contributed by atoms with E-state index in [1.807, 2.05) is 30.3 Å². The molecule has 38 heavy (non-hydrogen) atoms. The van der Waals surface area contributed by atoms with Gasteiger partial charge < -0.3 is 15.6 Å². The van der Waals surface area contributed by atoms with E-state index >= 15 is 0 Å². The Bertz CT molecular complexity index is 1530. The number of H-pyrrole nitrogens is 1.